The minimum Gasteiger partial charge on any atom is -0.363 e. The second-order valence-electron chi connectivity index (χ2n) is 6.52. The molecule has 1 atom stereocenters. The summed E-state index contributed by atoms with van der Waals surface area (Å²) in [6, 6.07) is 7.25. The van der Waals surface area contributed by atoms with Crippen LogP contribution in [-0.2, 0) is 6.18 Å². The smallest absolute Gasteiger partial charge is 0.363 e. The Morgan fingerprint density at radius 3 is 2.27 bits per heavy atom. The van der Waals surface area contributed by atoms with Gasteiger partial charge in [0.15, 0.2) is 0 Å². The van der Waals surface area contributed by atoms with Gasteiger partial charge in [0.1, 0.15) is 18.0 Å². The molecule has 1 aromatic carbocycles. The zero-order valence-corrected chi connectivity index (χ0v) is 15.5. The molecular formula is C20H14F4N6. The molecule has 0 aliphatic carbocycles. The first kappa shape index (κ1) is 19.6. The van der Waals surface area contributed by atoms with E-state index in [1.54, 1.807) is 31.3 Å². The van der Waals surface area contributed by atoms with E-state index in [0.717, 1.165) is 18.0 Å². The first-order chi connectivity index (χ1) is 14.3. The maximum atomic E-state index is 13.2. The standard InChI is InChI=1S/C20H14F4N6/c1-11(13-7-26-19(27-8-13)20(22,23)24)30-18-15-6-16(12-2-4-14(21)5-3-12)25-9-17(15)28-10-29-18/h2-11H,1H3,(H,28,29,30). The highest BCUT2D eigenvalue weighted by Crippen LogP contribution is 2.29. The van der Waals surface area contributed by atoms with Crippen LogP contribution in [0.2, 0.25) is 0 Å². The van der Waals surface area contributed by atoms with E-state index >= 15 is 0 Å². The molecule has 0 spiro atoms. The molecule has 0 amide bonds. The van der Waals surface area contributed by atoms with Gasteiger partial charge in [-0.2, -0.15) is 13.2 Å². The Labute approximate surface area is 168 Å². The molecule has 1 unspecified atom stereocenters. The maximum Gasteiger partial charge on any atom is 0.451 e. The fourth-order valence-corrected chi connectivity index (χ4v) is 2.85. The Morgan fingerprint density at radius 1 is 0.900 bits per heavy atom. The van der Waals surface area contributed by atoms with Crippen LogP contribution in [0.25, 0.3) is 22.2 Å². The summed E-state index contributed by atoms with van der Waals surface area (Å²) in [4.78, 5) is 19.6. The fraction of sp³-hybridized carbons (Fsp3) is 0.150. The molecule has 0 saturated carbocycles. The number of alkyl halides is 3. The second kappa shape index (κ2) is 7.62. The molecule has 4 aromatic rings. The van der Waals surface area contributed by atoms with E-state index in [1.807, 2.05) is 0 Å². The van der Waals surface area contributed by atoms with Gasteiger partial charge in [-0.15, -0.1) is 0 Å². The molecule has 6 nitrogen and oxygen atoms in total. The number of hydrogen-bond donors (Lipinski definition) is 1. The number of anilines is 1. The number of aromatic nitrogens is 5. The van der Waals surface area contributed by atoms with Crippen molar-refractivity contribution in [3.8, 4) is 11.3 Å². The fourth-order valence-electron chi connectivity index (χ4n) is 2.85. The SMILES string of the molecule is CC(Nc1ncnc2cnc(-c3ccc(F)cc3)cc12)c1cnc(C(F)(F)F)nc1. The van der Waals surface area contributed by atoms with Crippen LogP contribution in [-0.4, -0.2) is 24.9 Å². The van der Waals surface area contributed by atoms with E-state index in [4.69, 9.17) is 0 Å². The van der Waals surface area contributed by atoms with E-state index in [2.05, 4.69) is 30.2 Å². The predicted octanol–water partition coefficient (Wildman–Crippen LogP) is 4.81. The molecule has 0 aliphatic rings. The second-order valence-corrected chi connectivity index (χ2v) is 6.52. The third kappa shape index (κ3) is 4.02. The van der Waals surface area contributed by atoms with Gasteiger partial charge in [0, 0.05) is 28.9 Å². The highest BCUT2D eigenvalue weighted by atomic mass is 19.4. The summed E-state index contributed by atoms with van der Waals surface area (Å²) in [6.07, 6.45) is 0.596. The van der Waals surface area contributed by atoms with E-state index in [1.165, 1.54) is 18.5 Å². The first-order valence-electron chi connectivity index (χ1n) is 8.83. The van der Waals surface area contributed by atoms with Gasteiger partial charge in [-0.25, -0.2) is 24.3 Å². The van der Waals surface area contributed by atoms with Crippen LogP contribution in [0.1, 0.15) is 24.4 Å². The summed E-state index contributed by atoms with van der Waals surface area (Å²) in [7, 11) is 0. The Balaban J connectivity index is 1.65. The Morgan fingerprint density at radius 2 is 1.60 bits per heavy atom. The van der Waals surface area contributed by atoms with Crippen molar-refractivity contribution in [2.45, 2.75) is 19.1 Å². The molecule has 0 radical (unpaired) electrons. The number of hydrogen-bond acceptors (Lipinski definition) is 6. The lowest BCUT2D eigenvalue weighted by Gasteiger charge is -2.16. The summed E-state index contributed by atoms with van der Waals surface area (Å²) in [6.45, 7) is 1.75. The summed E-state index contributed by atoms with van der Waals surface area (Å²) >= 11 is 0. The summed E-state index contributed by atoms with van der Waals surface area (Å²) in [5, 5.41) is 3.81. The molecule has 3 aromatic heterocycles. The van der Waals surface area contributed by atoms with Crippen LogP contribution in [0.4, 0.5) is 23.4 Å². The summed E-state index contributed by atoms with van der Waals surface area (Å²) in [5.74, 6) is -1.07. The van der Waals surface area contributed by atoms with Crippen LogP contribution in [0.5, 0.6) is 0 Å². The first-order valence-corrected chi connectivity index (χ1v) is 8.83. The van der Waals surface area contributed by atoms with Crippen molar-refractivity contribution in [2.24, 2.45) is 0 Å². The number of benzene rings is 1. The Bertz CT molecular complexity index is 1180. The zero-order chi connectivity index (χ0) is 21.3. The van der Waals surface area contributed by atoms with Crippen molar-refractivity contribution >= 4 is 16.7 Å². The van der Waals surface area contributed by atoms with Crippen molar-refractivity contribution in [1.29, 1.82) is 0 Å². The molecule has 30 heavy (non-hydrogen) atoms. The Kier molecular flexibility index (Phi) is 4.98. The van der Waals surface area contributed by atoms with E-state index in [0.29, 0.717) is 28.0 Å². The normalized spacial score (nSPS) is 12.7. The number of rotatable bonds is 4. The average Bonchev–Trinajstić information content (AvgIpc) is 2.74. The molecular weight excluding hydrogens is 400 g/mol. The van der Waals surface area contributed by atoms with E-state index < -0.39 is 18.0 Å². The summed E-state index contributed by atoms with van der Waals surface area (Å²) in [5.41, 5.74) is 2.36. The van der Waals surface area contributed by atoms with E-state index in [-0.39, 0.29) is 5.82 Å². The van der Waals surface area contributed by atoms with Crippen molar-refractivity contribution in [3.05, 3.63) is 72.5 Å². The quantitative estimate of drug-likeness (QED) is 0.483. The molecule has 3 heterocycles. The largest absolute Gasteiger partial charge is 0.451 e. The number of pyridine rings is 1. The van der Waals surface area contributed by atoms with Crippen molar-refractivity contribution < 1.29 is 17.6 Å². The monoisotopic (exact) mass is 414 g/mol. The number of fused-ring (bicyclic) bond motifs is 1. The topological polar surface area (TPSA) is 76.5 Å². The van der Waals surface area contributed by atoms with Gasteiger partial charge >= 0.3 is 6.18 Å². The minimum absolute atomic E-state index is 0.349. The highest BCUT2D eigenvalue weighted by Gasteiger charge is 2.34. The molecule has 10 heteroatoms. The third-order valence-electron chi connectivity index (χ3n) is 4.44. The van der Waals surface area contributed by atoms with Crippen LogP contribution in [0.3, 0.4) is 0 Å². The predicted molar refractivity (Wildman–Crippen MR) is 102 cm³/mol. The zero-order valence-electron chi connectivity index (χ0n) is 15.5. The third-order valence-corrected chi connectivity index (χ3v) is 4.44. The average molecular weight is 414 g/mol. The Hall–Kier alpha value is -3.69. The van der Waals surface area contributed by atoms with Crippen LogP contribution >= 0.6 is 0 Å². The number of nitrogens with one attached hydrogen (secondary N) is 1. The van der Waals surface area contributed by atoms with Crippen molar-refractivity contribution in [1.82, 2.24) is 24.9 Å². The van der Waals surface area contributed by atoms with Gasteiger partial charge in [0.2, 0.25) is 5.82 Å². The molecule has 1 N–H and O–H groups in total. The number of halogens is 4. The van der Waals surface area contributed by atoms with Gasteiger partial charge in [-0.05, 0) is 37.3 Å². The van der Waals surface area contributed by atoms with Crippen LogP contribution < -0.4 is 5.32 Å². The molecule has 0 saturated heterocycles. The molecule has 0 fully saturated rings. The highest BCUT2D eigenvalue weighted by molar-refractivity contribution is 5.91. The molecule has 4 rings (SSSR count). The van der Waals surface area contributed by atoms with Crippen LogP contribution in [0, 0.1) is 5.82 Å². The number of nitrogens with zero attached hydrogens (tertiary/aromatic N) is 5. The molecule has 0 bridgehead atoms. The van der Waals surface area contributed by atoms with Gasteiger partial charge in [-0.3, -0.25) is 4.98 Å². The lowest BCUT2D eigenvalue weighted by Crippen LogP contribution is -2.14. The lowest BCUT2D eigenvalue weighted by molar-refractivity contribution is -0.145. The van der Waals surface area contributed by atoms with Crippen molar-refractivity contribution in [2.75, 3.05) is 5.32 Å². The van der Waals surface area contributed by atoms with Gasteiger partial charge in [0.25, 0.3) is 0 Å². The lowest BCUT2D eigenvalue weighted by atomic mass is 10.1. The molecule has 0 aliphatic heterocycles. The summed E-state index contributed by atoms with van der Waals surface area (Å²) < 4.78 is 51.2. The molecule has 152 valence electrons. The minimum atomic E-state index is -4.60. The van der Waals surface area contributed by atoms with Gasteiger partial charge < -0.3 is 5.32 Å². The van der Waals surface area contributed by atoms with E-state index in [9.17, 15) is 17.6 Å². The van der Waals surface area contributed by atoms with Crippen molar-refractivity contribution in [3.63, 3.8) is 0 Å². The maximum absolute atomic E-state index is 13.2. The van der Waals surface area contributed by atoms with Crippen LogP contribution in [0.15, 0.2) is 55.2 Å². The van der Waals surface area contributed by atoms with Gasteiger partial charge in [-0.1, -0.05) is 0 Å². The van der Waals surface area contributed by atoms with Gasteiger partial charge in [0.05, 0.1) is 23.4 Å².